The topological polar surface area (TPSA) is 44.4 Å². The van der Waals surface area contributed by atoms with Gasteiger partial charge in [0.05, 0.1) is 0 Å². The van der Waals surface area contributed by atoms with Gasteiger partial charge in [0, 0.05) is 35.2 Å². The Bertz CT molecular complexity index is 477. The van der Waals surface area contributed by atoms with Crippen LogP contribution in [0.25, 0.3) is 0 Å². The second kappa shape index (κ2) is 8.65. The van der Waals surface area contributed by atoms with Crippen LogP contribution in [-0.2, 0) is 4.79 Å². The van der Waals surface area contributed by atoms with Gasteiger partial charge < -0.3 is 10.6 Å². The molecule has 5 heteroatoms. The lowest BCUT2D eigenvalue weighted by Gasteiger charge is -2.24. The quantitative estimate of drug-likeness (QED) is 0.777. The predicted octanol–water partition coefficient (Wildman–Crippen LogP) is 3.24. The molecule has 0 spiro atoms. The van der Waals surface area contributed by atoms with Gasteiger partial charge in [-0.2, -0.15) is 0 Å². The zero-order chi connectivity index (χ0) is 15.9. The van der Waals surface area contributed by atoms with E-state index in [0.717, 1.165) is 23.2 Å². The molecule has 0 saturated carbocycles. The molecule has 2 atom stereocenters. The number of hydrogen-bond acceptors (Lipinski definition) is 3. The summed E-state index contributed by atoms with van der Waals surface area (Å²) >= 11 is 3.39. The number of carbonyl (C=O) groups excluding carboxylic acids is 1. The van der Waals surface area contributed by atoms with Gasteiger partial charge >= 0.3 is 0 Å². The summed E-state index contributed by atoms with van der Waals surface area (Å²) < 4.78 is 1.01. The van der Waals surface area contributed by atoms with Crippen LogP contribution in [0.1, 0.15) is 33.1 Å². The summed E-state index contributed by atoms with van der Waals surface area (Å²) in [5, 5.41) is 6.44. The highest BCUT2D eigenvalue weighted by Gasteiger charge is 2.23. The van der Waals surface area contributed by atoms with E-state index in [1.807, 2.05) is 24.3 Å². The Hall–Kier alpha value is -0.910. The second-order valence-corrected chi connectivity index (χ2v) is 6.91. The van der Waals surface area contributed by atoms with E-state index >= 15 is 0 Å². The van der Waals surface area contributed by atoms with Crippen molar-refractivity contribution in [3.8, 4) is 0 Å². The van der Waals surface area contributed by atoms with Gasteiger partial charge in [-0.25, -0.2) is 0 Å². The van der Waals surface area contributed by atoms with Crippen molar-refractivity contribution in [1.29, 1.82) is 0 Å². The first-order chi connectivity index (χ1) is 10.6. The smallest absolute Gasteiger partial charge is 0.225 e. The molecule has 1 aliphatic heterocycles. The third-order valence-electron chi connectivity index (χ3n) is 4.23. The Morgan fingerprint density at radius 3 is 2.82 bits per heavy atom. The zero-order valence-corrected chi connectivity index (χ0v) is 15.0. The minimum absolute atomic E-state index is 0.0566. The molecule has 1 saturated heterocycles. The first-order valence-corrected chi connectivity index (χ1v) is 8.90. The molecule has 0 radical (unpaired) electrons. The Kier molecular flexibility index (Phi) is 6.86. The number of benzene rings is 1. The first-order valence-electron chi connectivity index (χ1n) is 8.11. The second-order valence-electron chi connectivity index (χ2n) is 5.99. The van der Waals surface area contributed by atoms with Crippen LogP contribution >= 0.6 is 15.9 Å². The molecule has 2 unspecified atom stereocenters. The van der Waals surface area contributed by atoms with Crippen molar-refractivity contribution in [2.75, 3.05) is 25.0 Å². The van der Waals surface area contributed by atoms with Crippen molar-refractivity contribution in [2.24, 2.45) is 0 Å². The van der Waals surface area contributed by atoms with E-state index < -0.39 is 0 Å². The molecular weight excluding hydrogens is 342 g/mol. The monoisotopic (exact) mass is 367 g/mol. The molecule has 1 aromatic rings. The number of rotatable bonds is 7. The fourth-order valence-electron chi connectivity index (χ4n) is 2.98. The lowest BCUT2D eigenvalue weighted by molar-refractivity contribution is -0.116. The van der Waals surface area contributed by atoms with Gasteiger partial charge in [0.2, 0.25) is 5.91 Å². The lowest BCUT2D eigenvalue weighted by atomic mass is 10.1. The summed E-state index contributed by atoms with van der Waals surface area (Å²) in [7, 11) is 0. The van der Waals surface area contributed by atoms with Crippen LogP contribution in [0, 0.1) is 0 Å². The van der Waals surface area contributed by atoms with Gasteiger partial charge in [0.25, 0.3) is 0 Å². The Morgan fingerprint density at radius 1 is 1.41 bits per heavy atom. The molecule has 122 valence electrons. The molecule has 1 aliphatic rings. The summed E-state index contributed by atoms with van der Waals surface area (Å²) in [6.45, 7) is 7.59. The number of amides is 1. The van der Waals surface area contributed by atoms with Crippen LogP contribution in [0.3, 0.4) is 0 Å². The van der Waals surface area contributed by atoms with Crippen molar-refractivity contribution in [3.05, 3.63) is 28.7 Å². The van der Waals surface area contributed by atoms with Gasteiger partial charge in [0.15, 0.2) is 0 Å². The van der Waals surface area contributed by atoms with E-state index in [-0.39, 0.29) is 11.9 Å². The van der Waals surface area contributed by atoms with Gasteiger partial charge in [-0.15, -0.1) is 0 Å². The number of anilines is 1. The Balaban J connectivity index is 1.71. The zero-order valence-electron chi connectivity index (χ0n) is 13.4. The number of nitrogens with zero attached hydrogens (tertiary/aromatic N) is 1. The molecule has 1 fully saturated rings. The van der Waals surface area contributed by atoms with Crippen molar-refractivity contribution in [3.63, 3.8) is 0 Å². The minimum Gasteiger partial charge on any atom is -0.326 e. The number of carbonyl (C=O) groups is 1. The average Bonchev–Trinajstić information content (AvgIpc) is 2.95. The number of likely N-dealkylation sites (N-methyl/N-ethyl adjacent to an activating group) is 1. The maximum Gasteiger partial charge on any atom is 0.225 e. The van der Waals surface area contributed by atoms with Gasteiger partial charge in [-0.3, -0.25) is 9.69 Å². The van der Waals surface area contributed by atoms with Crippen molar-refractivity contribution in [2.45, 2.75) is 45.2 Å². The van der Waals surface area contributed by atoms with Crippen molar-refractivity contribution in [1.82, 2.24) is 10.2 Å². The van der Waals surface area contributed by atoms with Crippen LogP contribution in [0.5, 0.6) is 0 Å². The summed E-state index contributed by atoms with van der Waals surface area (Å²) in [5.74, 6) is 0.0566. The maximum atomic E-state index is 12.1. The van der Waals surface area contributed by atoms with Gasteiger partial charge in [0.1, 0.15) is 0 Å². The van der Waals surface area contributed by atoms with Crippen LogP contribution in [0.15, 0.2) is 28.7 Å². The molecule has 22 heavy (non-hydrogen) atoms. The van der Waals surface area contributed by atoms with E-state index in [0.29, 0.717) is 12.5 Å². The van der Waals surface area contributed by atoms with E-state index in [1.54, 1.807) is 0 Å². The normalized spacial score (nSPS) is 20.0. The molecule has 2 N–H and O–H groups in total. The Labute approximate surface area is 141 Å². The summed E-state index contributed by atoms with van der Waals surface area (Å²) in [6.07, 6.45) is 3.05. The standard InChI is InChI=1S/C17H26BrN3O/c1-3-21-10-4-5-16(21)12-19-13(2)11-17(22)20-15-8-6-14(18)7-9-15/h6-9,13,16,19H,3-5,10-12H2,1-2H3,(H,20,22). The number of nitrogens with one attached hydrogen (secondary N) is 2. The number of halogens is 1. The Morgan fingerprint density at radius 2 is 2.14 bits per heavy atom. The minimum atomic E-state index is 0.0566. The fourth-order valence-corrected chi connectivity index (χ4v) is 3.24. The maximum absolute atomic E-state index is 12.1. The summed E-state index contributed by atoms with van der Waals surface area (Å²) in [4.78, 5) is 14.6. The number of hydrogen-bond donors (Lipinski definition) is 2. The lowest BCUT2D eigenvalue weighted by Crippen LogP contribution is -2.41. The van der Waals surface area contributed by atoms with Gasteiger partial charge in [-0.05, 0) is 57.1 Å². The summed E-state index contributed by atoms with van der Waals surface area (Å²) in [5.41, 5.74) is 0.841. The van der Waals surface area contributed by atoms with E-state index in [1.165, 1.54) is 19.4 Å². The molecule has 0 aromatic heterocycles. The molecule has 1 heterocycles. The van der Waals surface area contributed by atoms with E-state index in [4.69, 9.17) is 0 Å². The molecule has 1 amide bonds. The SMILES string of the molecule is CCN1CCCC1CNC(C)CC(=O)Nc1ccc(Br)cc1. The van der Waals surface area contributed by atoms with Crippen LogP contribution in [-0.4, -0.2) is 42.5 Å². The molecule has 1 aromatic carbocycles. The molecule has 0 bridgehead atoms. The van der Waals surface area contributed by atoms with Crippen molar-refractivity contribution >= 4 is 27.5 Å². The summed E-state index contributed by atoms with van der Waals surface area (Å²) in [6, 6.07) is 8.47. The average molecular weight is 368 g/mol. The van der Waals surface area contributed by atoms with Crippen LogP contribution in [0.2, 0.25) is 0 Å². The highest BCUT2D eigenvalue weighted by atomic mass is 79.9. The fraction of sp³-hybridized carbons (Fsp3) is 0.588. The number of likely N-dealkylation sites (tertiary alicyclic amines) is 1. The van der Waals surface area contributed by atoms with E-state index in [9.17, 15) is 4.79 Å². The highest BCUT2D eigenvalue weighted by molar-refractivity contribution is 9.10. The first kappa shape index (κ1) is 17.4. The van der Waals surface area contributed by atoms with Gasteiger partial charge in [-0.1, -0.05) is 22.9 Å². The third-order valence-corrected chi connectivity index (χ3v) is 4.76. The van der Waals surface area contributed by atoms with Crippen molar-refractivity contribution < 1.29 is 4.79 Å². The predicted molar refractivity (Wildman–Crippen MR) is 95.1 cm³/mol. The molecule has 4 nitrogen and oxygen atoms in total. The van der Waals surface area contributed by atoms with Crippen LogP contribution in [0.4, 0.5) is 5.69 Å². The highest BCUT2D eigenvalue weighted by Crippen LogP contribution is 2.16. The third kappa shape index (κ3) is 5.38. The molecule has 2 rings (SSSR count). The largest absolute Gasteiger partial charge is 0.326 e. The van der Waals surface area contributed by atoms with E-state index in [2.05, 4.69) is 45.3 Å². The van der Waals surface area contributed by atoms with Crippen LogP contribution < -0.4 is 10.6 Å². The molecular formula is C17H26BrN3O. The molecule has 0 aliphatic carbocycles.